The van der Waals surface area contributed by atoms with E-state index in [9.17, 15) is 13.6 Å². The second-order valence-electron chi connectivity index (χ2n) is 5.21. The molecule has 0 heterocycles. The minimum absolute atomic E-state index is 0.0168. The topological polar surface area (TPSA) is 17.1 Å². The first-order valence-corrected chi connectivity index (χ1v) is 6.50. The third-order valence-electron chi connectivity index (χ3n) is 3.22. The van der Waals surface area contributed by atoms with E-state index in [-0.39, 0.29) is 11.7 Å². The summed E-state index contributed by atoms with van der Waals surface area (Å²) in [5, 5.41) is 0. The van der Waals surface area contributed by atoms with Gasteiger partial charge in [-0.25, -0.2) is 8.78 Å². The van der Waals surface area contributed by atoms with Crippen LogP contribution in [-0.4, -0.2) is 5.78 Å². The van der Waals surface area contributed by atoms with Crippen molar-refractivity contribution >= 4 is 5.78 Å². The van der Waals surface area contributed by atoms with E-state index in [1.165, 1.54) is 12.1 Å². The predicted molar refractivity (Wildman–Crippen MR) is 75.7 cm³/mol. The number of halogens is 2. The first-order chi connectivity index (χ1) is 9.38. The fraction of sp³-hybridized carbons (Fsp3) is 0.235. The Morgan fingerprint density at radius 2 is 1.60 bits per heavy atom. The van der Waals surface area contributed by atoms with Gasteiger partial charge in [0.05, 0.1) is 0 Å². The van der Waals surface area contributed by atoms with Crippen LogP contribution < -0.4 is 0 Å². The lowest BCUT2D eigenvalue weighted by Crippen LogP contribution is -2.07. The van der Waals surface area contributed by atoms with Gasteiger partial charge in [0.1, 0.15) is 11.6 Å². The van der Waals surface area contributed by atoms with Crippen LogP contribution in [0, 0.1) is 24.5 Å². The maximum atomic E-state index is 13.3. The number of ketones is 1. The second kappa shape index (κ2) is 5.53. The number of hydrogen-bond acceptors (Lipinski definition) is 1. The number of aryl methyl sites for hydroxylation is 1. The van der Waals surface area contributed by atoms with Crippen molar-refractivity contribution in [2.75, 3.05) is 0 Å². The Morgan fingerprint density at radius 3 is 2.15 bits per heavy atom. The molecule has 0 bridgehead atoms. The molecular weight excluding hydrogens is 258 g/mol. The van der Waals surface area contributed by atoms with Gasteiger partial charge < -0.3 is 0 Å². The molecule has 0 N–H and O–H groups in total. The van der Waals surface area contributed by atoms with Crippen molar-refractivity contribution in [1.29, 1.82) is 0 Å². The molecule has 0 saturated heterocycles. The highest BCUT2D eigenvalue weighted by Crippen LogP contribution is 2.27. The number of Topliss-reactive ketones (excluding diaryl/α,β-unsaturated/α-hetero) is 1. The minimum Gasteiger partial charge on any atom is -0.294 e. The molecule has 0 radical (unpaired) electrons. The third-order valence-corrected chi connectivity index (χ3v) is 3.22. The fourth-order valence-corrected chi connectivity index (χ4v) is 2.13. The number of rotatable bonds is 3. The van der Waals surface area contributed by atoms with Gasteiger partial charge >= 0.3 is 0 Å². The van der Waals surface area contributed by atoms with Crippen molar-refractivity contribution in [2.45, 2.75) is 20.8 Å². The summed E-state index contributed by atoms with van der Waals surface area (Å²) < 4.78 is 26.7. The molecule has 0 aliphatic carbocycles. The fourth-order valence-electron chi connectivity index (χ4n) is 2.13. The Kier molecular flexibility index (Phi) is 3.98. The minimum atomic E-state index is -0.625. The standard InChI is InChI=1S/C17H16F2O/c1-10(2)17(20)12-5-4-11(3)16(8-12)13-6-14(18)9-15(19)7-13/h4-10H,1-3H3. The highest BCUT2D eigenvalue weighted by Gasteiger charge is 2.13. The summed E-state index contributed by atoms with van der Waals surface area (Å²) in [4.78, 5) is 12.0. The van der Waals surface area contributed by atoms with Crippen LogP contribution in [0.2, 0.25) is 0 Å². The van der Waals surface area contributed by atoms with Crippen LogP contribution in [0.1, 0.15) is 29.8 Å². The zero-order chi connectivity index (χ0) is 14.9. The van der Waals surface area contributed by atoms with E-state index in [0.717, 1.165) is 11.6 Å². The summed E-state index contributed by atoms with van der Waals surface area (Å²) in [6, 6.07) is 8.63. The average molecular weight is 274 g/mol. The SMILES string of the molecule is Cc1ccc(C(=O)C(C)C)cc1-c1cc(F)cc(F)c1. The van der Waals surface area contributed by atoms with Crippen LogP contribution in [0.5, 0.6) is 0 Å². The van der Waals surface area contributed by atoms with Gasteiger partial charge in [0.2, 0.25) is 0 Å². The Morgan fingerprint density at radius 1 is 1.00 bits per heavy atom. The Hall–Kier alpha value is -2.03. The van der Waals surface area contributed by atoms with Gasteiger partial charge in [0, 0.05) is 17.5 Å². The predicted octanol–water partition coefficient (Wildman–Crippen LogP) is 4.78. The van der Waals surface area contributed by atoms with Crippen molar-refractivity contribution in [3.05, 3.63) is 59.2 Å². The number of benzene rings is 2. The molecule has 0 amide bonds. The molecule has 2 aromatic carbocycles. The van der Waals surface area contributed by atoms with Gasteiger partial charge in [0.15, 0.2) is 5.78 Å². The summed E-state index contributed by atoms with van der Waals surface area (Å²) in [5.41, 5.74) is 2.55. The van der Waals surface area contributed by atoms with Gasteiger partial charge in [-0.05, 0) is 41.8 Å². The molecule has 0 aromatic heterocycles. The lowest BCUT2D eigenvalue weighted by atomic mass is 9.93. The first kappa shape index (κ1) is 14.4. The molecular formula is C17H16F2O. The Bertz CT molecular complexity index is 640. The van der Waals surface area contributed by atoms with E-state index < -0.39 is 11.6 Å². The Labute approximate surface area is 117 Å². The van der Waals surface area contributed by atoms with E-state index in [2.05, 4.69) is 0 Å². The molecule has 2 aromatic rings. The molecule has 104 valence electrons. The number of carbonyl (C=O) groups excluding carboxylic acids is 1. The van der Waals surface area contributed by atoms with Gasteiger partial charge in [-0.2, -0.15) is 0 Å². The largest absolute Gasteiger partial charge is 0.294 e. The third kappa shape index (κ3) is 2.93. The smallest absolute Gasteiger partial charge is 0.165 e. The normalized spacial score (nSPS) is 10.9. The van der Waals surface area contributed by atoms with Gasteiger partial charge in [-0.1, -0.05) is 26.0 Å². The Balaban J connectivity index is 2.56. The lowest BCUT2D eigenvalue weighted by molar-refractivity contribution is 0.0939. The van der Waals surface area contributed by atoms with Crippen LogP contribution in [-0.2, 0) is 0 Å². The summed E-state index contributed by atoms with van der Waals surface area (Å²) >= 11 is 0. The van der Waals surface area contributed by atoms with E-state index in [0.29, 0.717) is 16.7 Å². The molecule has 20 heavy (non-hydrogen) atoms. The molecule has 0 spiro atoms. The van der Waals surface area contributed by atoms with Crippen LogP contribution in [0.15, 0.2) is 36.4 Å². The molecule has 0 aliphatic heterocycles. The number of hydrogen-bond donors (Lipinski definition) is 0. The zero-order valence-corrected chi connectivity index (χ0v) is 11.7. The summed E-state index contributed by atoms with van der Waals surface area (Å²) in [6.45, 7) is 5.50. The van der Waals surface area contributed by atoms with E-state index in [1.807, 2.05) is 20.8 Å². The van der Waals surface area contributed by atoms with Crippen molar-refractivity contribution in [3.63, 3.8) is 0 Å². The summed E-state index contributed by atoms with van der Waals surface area (Å²) in [7, 11) is 0. The summed E-state index contributed by atoms with van der Waals surface area (Å²) in [6.07, 6.45) is 0. The van der Waals surface area contributed by atoms with E-state index in [4.69, 9.17) is 0 Å². The monoisotopic (exact) mass is 274 g/mol. The van der Waals surface area contributed by atoms with Crippen LogP contribution in [0.3, 0.4) is 0 Å². The quantitative estimate of drug-likeness (QED) is 0.736. The maximum Gasteiger partial charge on any atom is 0.165 e. The van der Waals surface area contributed by atoms with Crippen LogP contribution in [0.25, 0.3) is 11.1 Å². The van der Waals surface area contributed by atoms with Crippen molar-refractivity contribution < 1.29 is 13.6 Å². The highest BCUT2D eigenvalue weighted by molar-refractivity contribution is 5.98. The first-order valence-electron chi connectivity index (χ1n) is 6.50. The van der Waals surface area contributed by atoms with Crippen LogP contribution >= 0.6 is 0 Å². The molecule has 0 aliphatic rings. The number of carbonyl (C=O) groups is 1. The molecule has 2 rings (SSSR count). The van der Waals surface area contributed by atoms with Gasteiger partial charge in [-0.15, -0.1) is 0 Å². The molecule has 0 atom stereocenters. The molecule has 1 nitrogen and oxygen atoms in total. The van der Waals surface area contributed by atoms with Crippen molar-refractivity contribution in [2.24, 2.45) is 5.92 Å². The van der Waals surface area contributed by atoms with E-state index >= 15 is 0 Å². The molecule has 3 heteroatoms. The second-order valence-corrected chi connectivity index (χ2v) is 5.21. The molecule has 0 saturated carbocycles. The molecule has 0 unspecified atom stereocenters. The van der Waals surface area contributed by atoms with Crippen LogP contribution in [0.4, 0.5) is 8.78 Å². The van der Waals surface area contributed by atoms with Crippen molar-refractivity contribution in [1.82, 2.24) is 0 Å². The van der Waals surface area contributed by atoms with Crippen molar-refractivity contribution in [3.8, 4) is 11.1 Å². The van der Waals surface area contributed by atoms with Gasteiger partial charge in [0.25, 0.3) is 0 Å². The van der Waals surface area contributed by atoms with Gasteiger partial charge in [-0.3, -0.25) is 4.79 Å². The van der Waals surface area contributed by atoms with E-state index in [1.54, 1.807) is 18.2 Å². The average Bonchev–Trinajstić information content (AvgIpc) is 2.37. The highest BCUT2D eigenvalue weighted by atomic mass is 19.1. The maximum absolute atomic E-state index is 13.3. The zero-order valence-electron chi connectivity index (χ0n) is 11.7. The molecule has 0 fully saturated rings. The summed E-state index contributed by atoms with van der Waals surface area (Å²) in [5.74, 6) is -1.35. The lowest BCUT2D eigenvalue weighted by Gasteiger charge is -2.10.